The summed E-state index contributed by atoms with van der Waals surface area (Å²) in [6.07, 6.45) is 4.65. The molecule has 0 N–H and O–H groups in total. The molecule has 0 spiro atoms. The summed E-state index contributed by atoms with van der Waals surface area (Å²) in [6.45, 7) is 11.0. The summed E-state index contributed by atoms with van der Waals surface area (Å²) in [6, 6.07) is -0.0670. The van der Waals surface area contributed by atoms with Gasteiger partial charge in [0.05, 0.1) is 6.04 Å². The number of carbonyl (C=O) groups is 3. The normalized spacial score (nSPS) is 23.4. The van der Waals surface area contributed by atoms with Gasteiger partial charge in [-0.05, 0) is 18.8 Å². The van der Waals surface area contributed by atoms with E-state index in [1.54, 1.807) is 6.92 Å². The molecular formula is C21H36N4O3. The molecule has 2 saturated heterocycles. The molecule has 0 aromatic heterocycles. The van der Waals surface area contributed by atoms with Gasteiger partial charge in [0.25, 0.3) is 0 Å². The second-order valence-corrected chi connectivity index (χ2v) is 8.84. The van der Waals surface area contributed by atoms with Gasteiger partial charge in [-0.1, -0.05) is 26.7 Å². The lowest BCUT2D eigenvalue weighted by atomic mass is 9.94. The second-order valence-electron chi connectivity index (χ2n) is 8.84. The number of amides is 3. The van der Waals surface area contributed by atoms with Gasteiger partial charge < -0.3 is 14.7 Å². The molecule has 28 heavy (non-hydrogen) atoms. The van der Waals surface area contributed by atoms with Crippen molar-refractivity contribution in [3.63, 3.8) is 0 Å². The average molecular weight is 393 g/mol. The summed E-state index contributed by atoms with van der Waals surface area (Å²) in [5.41, 5.74) is 0. The van der Waals surface area contributed by atoms with E-state index in [0.29, 0.717) is 45.2 Å². The molecule has 0 unspecified atom stereocenters. The highest BCUT2D eigenvalue weighted by molar-refractivity contribution is 5.83. The molecule has 1 aliphatic carbocycles. The van der Waals surface area contributed by atoms with Crippen LogP contribution >= 0.6 is 0 Å². The van der Waals surface area contributed by atoms with Crippen LogP contribution in [-0.4, -0.2) is 95.7 Å². The van der Waals surface area contributed by atoms with Crippen LogP contribution in [0.15, 0.2) is 0 Å². The number of rotatable bonds is 4. The van der Waals surface area contributed by atoms with Crippen molar-refractivity contribution in [2.24, 2.45) is 11.8 Å². The van der Waals surface area contributed by atoms with Crippen LogP contribution in [0.2, 0.25) is 0 Å². The van der Waals surface area contributed by atoms with Gasteiger partial charge in [-0.2, -0.15) is 0 Å². The zero-order valence-electron chi connectivity index (χ0n) is 17.7. The van der Waals surface area contributed by atoms with Crippen LogP contribution in [0.1, 0.15) is 46.5 Å². The summed E-state index contributed by atoms with van der Waals surface area (Å²) >= 11 is 0. The fraction of sp³-hybridized carbons (Fsp3) is 0.857. The molecule has 7 heteroatoms. The Kier molecular flexibility index (Phi) is 6.96. The number of carbonyl (C=O) groups excluding carboxylic acids is 3. The summed E-state index contributed by atoms with van der Waals surface area (Å²) < 4.78 is 0. The third-order valence-corrected chi connectivity index (χ3v) is 6.65. The first-order valence-electron chi connectivity index (χ1n) is 11.0. The van der Waals surface area contributed by atoms with Crippen LogP contribution in [0.25, 0.3) is 0 Å². The summed E-state index contributed by atoms with van der Waals surface area (Å²) in [5, 5.41) is 0. The molecule has 3 amide bonds. The van der Waals surface area contributed by atoms with Gasteiger partial charge in [0.2, 0.25) is 17.7 Å². The van der Waals surface area contributed by atoms with Crippen molar-refractivity contribution < 1.29 is 14.4 Å². The van der Waals surface area contributed by atoms with Crippen molar-refractivity contribution in [2.75, 3.05) is 52.4 Å². The molecule has 158 valence electrons. The third-order valence-electron chi connectivity index (χ3n) is 6.65. The Morgan fingerprint density at radius 2 is 1.18 bits per heavy atom. The maximum absolute atomic E-state index is 13.5. The van der Waals surface area contributed by atoms with Gasteiger partial charge in [0, 0.05) is 65.2 Å². The van der Waals surface area contributed by atoms with Crippen LogP contribution in [0.3, 0.4) is 0 Å². The highest BCUT2D eigenvalue weighted by Gasteiger charge is 2.40. The maximum atomic E-state index is 13.5. The Hall–Kier alpha value is -1.63. The fourth-order valence-electron chi connectivity index (χ4n) is 4.94. The molecule has 0 aromatic rings. The lowest BCUT2D eigenvalue weighted by Crippen LogP contribution is -2.61. The van der Waals surface area contributed by atoms with E-state index in [4.69, 9.17) is 0 Å². The van der Waals surface area contributed by atoms with Crippen LogP contribution < -0.4 is 0 Å². The minimum atomic E-state index is -0.0670. The molecule has 0 bridgehead atoms. The van der Waals surface area contributed by atoms with Gasteiger partial charge in [0.15, 0.2) is 0 Å². The average Bonchev–Trinajstić information content (AvgIpc) is 3.22. The largest absolute Gasteiger partial charge is 0.340 e. The van der Waals surface area contributed by atoms with Crippen molar-refractivity contribution in [1.29, 1.82) is 0 Å². The van der Waals surface area contributed by atoms with E-state index in [1.165, 1.54) is 12.8 Å². The smallest absolute Gasteiger partial charge is 0.240 e. The molecule has 1 saturated carbocycles. The summed E-state index contributed by atoms with van der Waals surface area (Å²) in [5.74, 6) is 0.981. The van der Waals surface area contributed by atoms with Crippen molar-refractivity contribution in [3.05, 3.63) is 0 Å². The SMILES string of the molecule is CC(=O)N1CCN(C(=O)[C@@H](C2CCCC2)N2CCN(C(=O)C(C)C)CC2)CC1. The van der Waals surface area contributed by atoms with Gasteiger partial charge in [-0.15, -0.1) is 0 Å². The Balaban J connectivity index is 1.64. The predicted octanol–water partition coefficient (Wildman–Crippen LogP) is 1.04. The van der Waals surface area contributed by atoms with Gasteiger partial charge in [-0.25, -0.2) is 0 Å². The quantitative estimate of drug-likeness (QED) is 0.717. The van der Waals surface area contributed by atoms with Crippen LogP contribution in [0.5, 0.6) is 0 Å². The monoisotopic (exact) mass is 392 g/mol. The third kappa shape index (κ3) is 4.67. The number of hydrogen-bond acceptors (Lipinski definition) is 4. The molecule has 2 heterocycles. The number of nitrogens with zero attached hydrogens (tertiary/aromatic N) is 4. The Morgan fingerprint density at radius 1 is 0.714 bits per heavy atom. The van der Waals surface area contributed by atoms with E-state index >= 15 is 0 Å². The van der Waals surface area contributed by atoms with Crippen molar-refractivity contribution in [1.82, 2.24) is 19.6 Å². The zero-order chi connectivity index (χ0) is 20.3. The topological polar surface area (TPSA) is 64.2 Å². The van der Waals surface area contributed by atoms with E-state index in [2.05, 4.69) is 4.90 Å². The van der Waals surface area contributed by atoms with Crippen molar-refractivity contribution in [3.8, 4) is 0 Å². The zero-order valence-corrected chi connectivity index (χ0v) is 17.7. The molecule has 0 radical (unpaired) electrons. The minimum absolute atomic E-state index is 0.0244. The van der Waals surface area contributed by atoms with Gasteiger partial charge >= 0.3 is 0 Å². The first kappa shape index (κ1) is 21.1. The van der Waals surface area contributed by atoms with Crippen LogP contribution in [-0.2, 0) is 14.4 Å². The molecule has 0 aromatic carbocycles. The maximum Gasteiger partial charge on any atom is 0.240 e. The number of hydrogen-bond donors (Lipinski definition) is 0. The molecule has 3 fully saturated rings. The molecule has 7 nitrogen and oxygen atoms in total. The van der Waals surface area contributed by atoms with E-state index in [1.807, 2.05) is 28.5 Å². The molecular weight excluding hydrogens is 356 g/mol. The van der Waals surface area contributed by atoms with Crippen LogP contribution in [0.4, 0.5) is 0 Å². The Labute approximate surface area is 169 Å². The predicted molar refractivity (Wildman–Crippen MR) is 108 cm³/mol. The second kappa shape index (κ2) is 9.25. The molecule has 3 rings (SSSR count). The van der Waals surface area contributed by atoms with Gasteiger partial charge in [0.1, 0.15) is 0 Å². The Morgan fingerprint density at radius 3 is 1.68 bits per heavy atom. The highest BCUT2D eigenvalue weighted by Crippen LogP contribution is 2.32. The first-order valence-corrected chi connectivity index (χ1v) is 11.0. The summed E-state index contributed by atoms with van der Waals surface area (Å²) in [7, 11) is 0. The van der Waals surface area contributed by atoms with Crippen LogP contribution in [0, 0.1) is 11.8 Å². The molecule has 3 aliphatic rings. The fourth-order valence-corrected chi connectivity index (χ4v) is 4.94. The lowest BCUT2D eigenvalue weighted by molar-refractivity contribution is -0.146. The van der Waals surface area contributed by atoms with E-state index < -0.39 is 0 Å². The molecule has 2 aliphatic heterocycles. The van der Waals surface area contributed by atoms with Crippen molar-refractivity contribution in [2.45, 2.75) is 52.5 Å². The lowest BCUT2D eigenvalue weighted by Gasteiger charge is -2.44. The first-order chi connectivity index (χ1) is 13.4. The minimum Gasteiger partial charge on any atom is -0.340 e. The van der Waals surface area contributed by atoms with E-state index in [9.17, 15) is 14.4 Å². The Bertz CT molecular complexity index is 572. The van der Waals surface area contributed by atoms with E-state index in [-0.39, 0.29) is 29.7 Å². The highest BCUT2D eigenvalue weighted by atomic mass is 16.2. The molecule has 1 atom stereocenters. The number of piperazine rings is 2. The van der Waals surface area contributed by atoms with E-state index in [0.717, 1.165) is 25.9 Å². The standard InChI is InChI=1S/C21H36N4O3/c1-16(2)20(27)24-14-10-23(11-15-24)19(18-6-4-5-7-18)21(28)25-12-8-22(9-13-25)17(3)26/h16,18-19H,4-15H2,1-3H3/t19-/m1/s1. The summed E-state index contributed by atoms with van der Waals surface area (Å²) in [4.78, 5) is 45.4. The van der Waals surface area contributed by atoms with Crippen molar-refractivity contribution >= 4 is 17.7 Å². The van der Waals surface area contributed by atoms with Gasteiger partial charge in [-0.3, -0.25) is 19.3 Å².